The van der Waals surface area contributed by atoms with Crippen molar-refractivity contribution in [1.29, 1.82) is 0 Å². The van der Waals surface area contributed by atoms with Gasteiger partial charge in [-0.05, 0) is 30.2 Å². The van der Waals surface area contributed by atoms with Crippen LogP contribution in [0.2, 0.25) is 5.02 Å². The molecule has 6 heteroatoms. The molecule has 1 aromatic heterocycles. The molecular weight excluding hydrogens is 302 g/mol. The number of hydrogen-bond acceptors (Lipinski definition) is 3. The Balaban J connectivity index is 1.81. The van der Waals surface area contributed by atoms with Crippen molar-refractivity contribution in [3.63, 3.8) is 0 Å². The molecule has 0 spiro atoms. The Morgan fingerprint density at radius 1 is 1.18 bits per heavy atom. The summed E-state index contributed by atoms with van der Waals surface area (Å²) >= 11 is 5.78. The van der Waals surface area contributed by atoms with Crippen LogP contribution < -0.4 is 10.6 Å². The van der Waals surface area contributed by atoms with Crippen molar-refractivity contribution in [1.82, 2.24) is 15.6 Å². The third-order valence-corrected chi connectivity index (χ3v) is 3.34. The second-order valence-electron chi connectivity index (χ2n) is 4.75. The van der Waals surface area contributed by atoms with Gasteiger partial charge in [0.25, 0.3) is 5.91 Å². The summed E-state index contributed by atoms with van der Waals surface area (Å²) in [5, 5.41) is 5.68. The van der Waals surface area contributed by atoms with Gasteiger partial charge in [0.15, 0.2) is 0 Å². The number of nitrogens with zero attached hydrogens (tertiary/aromatic N) is 1. The lowest BCUT2D eigenvalue weighted by atomic mass is 10.1. The smallest absolute Gasteiger partial charge is 0.270 e. The highest BCUT2D eigenvalue weighted by atomic mass is 35.5. The Kier molecular flexibility index (Phi) is 5.49. The van der Waals surface area contributed by atoms with E-state index in [1.54, 1.807) is 6.07 Å². The van der Waals surface area contributed by atoms with Crippen LogP contribution in [-0.2, 0) is 11.3 Å². The van der Waals surface area contributed by atoms with Gasteiger partial charge in [-0.2, -0.15) is 0 Å². The molecule has 1 heterocycles. The normalized spacial score (nSPS) is 10.1. The number of rotatable bonds is 5. The van der Waals surface area contributed by atoms with E-state index in [1.165, 1.54) is 12.3 Å². The van der Waals surface area contributed by atoms with E-state index in [2.05, 4.69) is 15.6 Å². The first-order valence-corrected chi connectivity index (χ1v) is 7.15. The highest BCUT2D eigenvalue weighted by molar-refractivity contribution is 6.30. The summed E-state index contributed by atoms with van der Waals surface area (Å²) in [6.07, 6.45) is 1.44. The van der Waals surface area contributed by atoms with E-state index in [0.29, 0.717) is 11.6 Å². The molecule has 0 bridgehead atoms. The number of carbonyl (C=O) groups is 2. The predicted molar refractivity (Wildman–Crippen MR) is 84.6 cm³/mol. The van der Waals surface area contributed by atoms with Crippen molar-refractivity contribution >= 4 is 23.4 Å². The van der Waals surface area contributed by atoms with Crippen LogP contribution >= 0.6 is 11.6 Å². The molecule has 0 unspecified atom stereocenters. The van der Waals surface area contributed by atoms with E-state index < -0.39 is 5.91 Å². The number of pyridine rings is 1. The maximum absolute atomic E-state index is 11.8. The fraction of sp³-hybridized carbons (Fsp3) is 0.188. The minimum absolute atomic E-state index is 0.112. The van der Waals surface area contributed by atoms with E-state index in [9.17, 15) is 9.59 Å². The number of aromatic nitrogens is 1. The molecule has 0 fully saturated rings. The zero-order chi connectivity index (χ0) is 15.9. The van der Waals surface area contributed by atoms with Crippen LogP contribution in [0.25, 0.3) is 0 Å². The van der Waals surface area contributed by atoms with Crippen LogP contribution in [0.3, 0.4) is 0 Å². The van der Waals surface area contributed by atoms with Gasteiger partial charge >= 0.3 is 0 Å². The average Bonchev–Trinajstić information content (AvgIpc) is 2.52. The topological polar surface area (TPSA) is 71.1 Å². The number of nitrogens with one attached hydrogen (secondary N) is 2. The molecule has 2 N–H and O–H groups in total. The first-order chi connectivity index (χ1) is 10.6. The third-order valence-electron chi connectivity index (χ3n) is 3.10. The van der Waals surface area contributed by atoms with Gasteiger partial charge in [0.1, 0.15) is 5.69 Å². The van der Waals surface area contributed by atoms with Crippen LogP contribution in [0, 0.1) is 6.92 Å². The number of amides is 2. The van der Waals surface area contributed by atoms with Gasteiger partial charge in [0.2, 0.25) is 5.91 Å². The summed E-state index contributed by atoms with van der Waals surface area (Å²) in [7, 11) is 0. The van der Waals surface area contributed by atoms with Gasteiger partial charge < -0.3 is 10.6 Å². The summed E-state index contributed by atoms with van der Waals surface area (Å²) in [5.41, 5.74) is 2.33. The van der Waals surface area contributed by atoms with Crippen LogP contribution in [-0.4, -0.2) is 23.3 Å². The molecule has 0 saturated heterocycles. The fourth-order valence-corrected chi connectivity index (χ4v) is 2.00. The lowest BCUT2D eigenvalue weighted by Crippen LogP contribution is -2.37. The molecule has 2 amide bonds. The molecule has 0 atom stereocenters. The van der Waals surface area contributed by atoms with Crippen molar-refractivity contribution in [2.24, 2.45) is 0 Å². The second-order valence-corrected chi connectivity index (χ2v) is 5.18. The van der Waals surface area contributed by atoms with Crippen molar-refractivity contribution in [2.45, 2.75) is 13.5 Å². The molecule has 0 radical (unpaired) electrons. The van der Waals surface area contributed by atoms with Gasteiger partial charge in [-0.1, -0.05) is 35.9 Å². The zero-order valence-electron chi connectivity index (χ0n) is 12.1. The largest absolute Gasteiger partial charge is 0.350 e. The molecule has 0 aliphatic carbocycles. The van der Waals surface area contributed by atoms with Gasteiger partial charge in [0.05, 0.1) is 6.54 Å². The lowest BCUT2D eigenvalue weighted by molar-refractivity contribution is -0.120. The van der Waals surface area contributed by atoms with Gasteiger partial charge in [-0.15, -0.1) is 0 Å². The minimum atomic E-state index is -0.437. The van der Waals surface area contributed by atoms with E-state index in [0.717, 1.165) is 11.1 Å². The van der Waals surface area contributed by atoms with Crippen LogP contribution in [0.4, 0.5) is 0 Å². The predicted octanol–water partition coefficient (Wildman–Crippen LogP) is 2.09. The molecule has 22 heavy (non-hydrogen) atoms. The Morgan fingerprint density at radius 3 is 2.68 bits per heavy atom. The summed E-state index contributed by atoms with van der Waals surface area (Å²) in [5.74, 6) is -0.702. The zero-order valence-corrected chi connectivity index (χ0v) is 12.9. The summed E-state index contributed by atoms with van der Waals surface area (Å²) in [6.45, 7) is 2.30. The number of hydrogen-bond donors (Lipinski definition) is 2. The lowest BCUT2D eigenvalue weighted by Gasteiger charge is -2.08. The van der Waals surface area contributed by atoms with Crippen molar-refractivity contribution in [2.75, 3.05) is 6.54 Å². The maximum atomic E-state index is 11.8. The third kappa shape index (κ3) is 4.56. The average molecular weight is 318 g/mol. The number of aryl methyl sites for hydroxylation is 1. The summed E-state index contributed by atoms with van der Waals surface area (Å²) in [6, 6.07) is 10.8. The molecule has 2 rings (SSSR count). The Hall–Kier alpha value is -2.40. The van der Waals surface area contributed by atoms with Crippen molar-refractivity contribution in [3.05, 3.63) is 64.4 Å². The number of benzene rings is 1. The van der Waals surface area contributed by atoms with Gasteiger partial charge in [0, 0.05) is 17.8 Å². The minimum Gasteiger partial charge on any atom is -0.350 e. The number of carbonyl (C=O) groups excluding carboxylic acids is 2. The molecule has 0 saturated carbocycles. The second kappa shape index (κ2) is 7.56. The molecule has 0 aliphatic rings. The molecule has 1 aromatic carbocycles. The SMILES string of the molecule is Cc1ccccc1CNC(=O)CNC(=O)c1cc(Cl)ccn1. The van der Waals surface area contributed by atoms with Crippen molar-refractivity contribution < 1.29 is 9.59 Å². The van der Waals surface area contributed by atoms with Crippen LogP contribution in [0.5, 0.6) is 0 Å². The van der Waals surface area contributed by atoms with Gasteiger partial charge in [-0.25, -0.2) is 0 Å². The maximum Gasteiger partial charge on any atom is 0.270 e. The standard InChI is InChI=1S/C16H16ClN3O2/c1-11-4-2-3-5-12(11)9-19-15(21)10-20-16(22)14-8-13(17)6-7-18-14/h2-8H,9-10H2,1H3,(H,19,21)(H,20,22). The van der Waals surface area contributed by atoms with Crippen LogP contribution in [0.15, 0.2) is 42.6 Å². The Morgan fingerprint density at radius 2 is 1.95 bits per heavy atom. The molecule has 0 aliphatic heterocycles. The summed E-state index contributed by atoms with van der Waals surface area (Å²) in [4.78, 5) is 27.5. The first kappa shape index (κ1) is 16.0. The molecule has 2 aromatic rings. The Labute approximate surface area is 133 Å². The first-order valence-electron chi connectivity index (χ1n) is 6.77. The molecule has 114 valence electrons. The van der Waals surface area contributed by atoms with Crippen LogP contribution in [0.1, 0.15) is 21.6 Å². The molecular formula is C16H16ClN3O2. The van der Waals surface area contributed by atoms with E-state index in [1.807, 2.05) is 31.2 Å². The summed E-state index contributed by atoms with van der Waals surface area (Å²) < 4.78 is 0. The molecule has 5 nitrogen and oxygen atoms in total. The number of halogens is 1. The van der Waals surface area contributed by atoms with Crippen molar-refractivity contribution in [3.8, 4) is 0 Å². The van der Waals surface area contributed by atoms with E-state index in [-0.39, 0.29) is 18.1 Å². The highest BCUT2D eigenvalue weighted by Gasteiger charge is 2.09. The quantitative estimate of drug-likeness (QED) is 0.887. The monoisotopic (exact) mass is 317 g/mol. The fourth-order valence-electron chi connectivity index (χ4n) is 1.84. The van der Waals surface area contributed by atoms with E-state index >= 15 is 0 Å². The highest BCUT2D eigenvalue weighted by Crippen LogP contribution is 2.08. The van der Waals surface area contributed by atoms with Gasteiger partial charge in [-0.3, -0.25) is 14.6 Å². The van der Waals surface area contributed by atoms with E-state index in [4.69, 9.17) is 11.6 Å². The Bertz CT molecular complexity index is 689.